The standard InChI is InChI=1S/C20H23N5O/c1-16-6-7-20(26)25(22-16)15-12-23-10-13-24(14-11-23)19-8-9-21-18-5-3-2-4-17(18)19/h2-9H,10-15H2,1H3. The molecule has 1 aliphatic heterocycles. The first-order valence-corrected chi connectivity index (χ1v) is 9.06. The van der Waals surface area contributed by atoms with E-state index in [1.54, 1.807) is 16.8 Å². The lowest BCUT2D eigenvalue weighted by Gasteiger charge is -2.36. The van der Waals surface area contributed by atoms with Crippen LogP contribution in [0, 0.1) is 6.92 Å². The van der Waals surface area contributed by atoms with Gasteiger partial charge in [-0.15, -0.1) is 0 Å². The van der Waals surface area contributed by atoms with Crippen LogP contribution in [-0.4, -0.2) is 52.4 Å². The first kappa shape index (κ1) is 16.7. The van der Waals surface area contributed by atoms with Crippen LogP contribution in [0.3, 0.4) is 0 Å². The highest BCUT2D eigenvalue weighted by Crippen LogP contribution is 2.25. The number of para-hydroxylation sites is 1. The summed E-state index contributed by atoms with van der Waals surface area (Å²) >= 11 is 0. The summed E-state index contributed by atoms with van der Waals surface area (Å²) in [5, 5.41) is 5.52. The number of pyridine rings is 1. The van der Waals surface area contributed by atoms with E-state index in [9.17, 15) is 4.79 Å². The Bertz CT molecular complexity index is 954. The van der Waals surface area contributed by atoms with Crippen LogP contribution in [0.1, 0.15) is 5.69 Å². The number of benzene rings is 1. The molecule has 0 N–H and O–H groups in total. The fourth-order valence-electron chi connectivity index (χ4n) is 3.52. The van der Waals surface area contributed by atoms with E-state index in [1.165, 1.54) is 11.1 Å². The first-order chi connectivity index (χ1) is 12.7. The number of fused-ring (bicyclic) bond motifs is 1. The van der Waals surface area contributed by atoms with Crippen molar-refractivity contribution in [3.63, 3.8) is 0 Å². The van der Waals surface area contributed by atoms with Crippen LogP contribution in [0.4, 0.5) is 5.69 Å². The van der Waals surface area contributed by atoms with Gasteiger partial charge in [-0.05, 0) is 25.1 Å². The minimum absolute atomic E-state index is 0.0301. The molecule has 3 heterocycles. The topological polar surface area (TPSA) is 54.3 Å². The Balaban J connectivity index is 1.39. The predicted molar refractivity (Wildman–Crippen MR) is 104 cm³/mol. The number of piperazine rings is 1. The van der Waals surface area contributed by atoms with Gasteiger partial charge in [0.2, 0.25) is 0 Å². The third-order valence-corrected chi connectivity index (χ3v) is 4.97. The molecule has 6 nitrogen and oxygen atoms in total. The van der Waals surface area contributed by atoms with E-state index in [0.717, 1.165) is 43.9 Å². The Morgan fingerprint density at radius 1 is 0.962 bits per heavy atom. The lowest BCUT2D eigenvalue weighted by Crippen LogP contribution is -2.47. The van der Waals surface area contributed by atoms with E-state index in [1.807, 2.05) is 19.2 Å². The van der Waals surface area contributed by atoms with Crippen molar-refractivity contribution in [1.82, 2.24) is 19.7 Å². The minimum Gasteiger partial charge on any atom is -0.368 e. The maximum Gasteiger partial charge on any atom is 0.266 e. The van der Waals surface area contributed by atoms with Crippen molar-refractivity contribution in [1.29, 1.82) is 0 Å². The van der Waals surface area contributed by atoms with Gasteiger partial charge < -0.3 is 4.90 Å². The van der Waals surface area contributed by atoms with Crippen LogP contribution in [-0.2, 0) is 6.54 Å². The summed E-state index contributed by atoms with van der Waals surface area (Å²) in [6, 6.07) is 13.7. The molecule has 1 aromatic carbocycles. The van der Waals surface area contributed by atoms with Crippen LogP contribution in [0.5, 0.6) is 0 Å². The molecule has 134 valence electrons. The van der Waals surface area contributed by atoms with Gasteiger partial charge >= 0.3 is 0 Å². The van der Waals surface area contributed by atoms with Crippen LogP contribution in [0.15, 0.2) is 53.5 Å². The highest BCUT2D eigenvalue weighted by molar-refractivity contribution is 5.91. The average molecular weight is 349 g/mol. The molecule has 0 atom stereocenters. The molecule has 26 heavy (non-hydrogen) atoms. The molecule has 0 unspecified atom stereocenters. The quantitative estimate of drug-likeness (QED) is 0.720. The van der Waals surface area contributed by atoms with Crippen molar-refractivity contribution in [2.24, 2.45) is 0 Å². The fraction of sp³-hybridized carbons (Fsp3) is 0.350. The molecule has 4 rings (SSSR count). The van der Waals surface area contributed by atoms with Crippen molar-refractivity contribution in [2.45, 2.75) is 13.5 Å². The average Bonchev–Trinajstić information content (AvgIpc) is 2.69. The third-order valence-electron chi connectivity index (χ3n) is 4.97. The molecule has 0 radical (unpaired) electrons. The number of aromatic nitrogens is 3. The van der Waals surface area contributed by atoms with Gasteiger partial charge in [0, 0.05) is 56.1 Å². The molecule has 0 aliphatic carbocycles. The Labute approximate surface area is 152 Å². The van der Waals surface area contributed by atoms with Crippen molar-refractivity contribution in [2.75, 3.05) is 37.6 Å². The second kappa shape index (κ2) is 7.25. The van der Waals surface area contributed by atoms with Crippen molar-refractivity contribution < 1.29 is 0 Å². The van der Waals surface area contributed by atoms with Gasteiger partial charge in [0.15, 0.2) is 0 Å². The second-order valence-corrected chi connectivity index (χ2v) is 6.71. The van der Waals surface area contributed by atoms with E-state index < -0.39 is 0 Å². The third kappa shape index (κ3) is 3.46. The van der Waals surface area contributed by atoms with E-state index in [4.69, 9.17) is 0 Å². The molecular weight excluding hydrogens is 326 g/mol. The van der Waals surface area contributed by atoms with E-state index >= 15 is 0 Å². The lowest BCUT2D eigenvalue weighted by molar-refractivity contribution is 0.242. The largest absolute Gasteiger partial charge is 0.368 e. The number of nitrogens with zero attached hydrogens (tertiary/aromatic N) is 5. The Hall–Kier alpha value is -2.73. The zero-order valence-electron chi connectivity index (χ0n) is 15.0. The predicted octanol–water partition coefficient (Wildman–Crippen LogP) is 1.92. The highest BCUT2D eigenvalue weighted by atomic mass is 16.1. The molecule has 0 saturated carbocycles. The Kier molecular flexibility index (Phi) is 4.67. The van der Waals surface area contributed by atoms with E-state index in [0.29, 0.717) is 6.54 Å². The molecular formula is C20H23N5O. The lowest BCUT2D eigenvalue weighted by atomic mass is 10.1. The van der Waals surface area contributed by atoms with Crippen molar-refractivity contribution >= 4 is 16.6 Å². The number of anilines is 1. The Morgan fingerprint density at radius 2 is 1.77 bits per heavy atom. The molecule has 0 bridgehead atoms. The highest BCUT2D eigenvalue weighted by Gasteiger charge is 2.18. The molecule has 2 aromatic heterocycles. The fourth-order valence-corrected chi connectivity index (χ4v) is 3.52. The summed E-state index contributed by atoms with van der Waals surface area (Å²) in [4.78, 5) is 21.2. The first-order valence-electron chi connectivity index (χ1n) is 9.06. The molecule has 6 heteroatoms. The molecule has 1 fully saturated rings. The number of hydrogen-bond acceptors (Lipinski definition) is 5. The van der Waals surface area contributed by atoms with Crippen molar-refractivity contribution in [3.8, 4) is 0 Å². The normalized spacial score (nSPS) is 15.5. The molecule has 0 spiro atoms. The minimum atomic E-state index is -0.0301. The van der Waals surface area contributed by atoms with Gasteiger partial charge in [0.05, 0.1) is 17.8 Å². The maximum atomic E-state index is 11.9. The SMILES string of the molecule is Cc1ccc(=O)n(CCN2CCN(c3ccnc4ccccc34)CC2)n1. The molecule has 1 aliphatic rings. The van der Waals surface area contributed by atoms with Gasteiger partial charge in [-0.25, -0.2) is 4.68 Å². The summed E-state index contributed by atoms with van der Waals surface area (Å²) in [5.41, 5.74) is 3.14. The summed E-state index contributed by atoms with van der Waals surface area (Å²) in [6.07, 6.45) is 1.89. The summed E-state index contributed by atoms with van der Waals surface area (Å²) in [5.74, 6) is 0. The number of aryl methyl sites for hydroxylation is 1. The monoisotopic (exact) mass is 349 g/mol. The van der Waals surface area contributed by atoms with E-state index in [2.05, 4.69) is 44.1 Å². The molecule has 0 amide bonds. The number of hydrogen-bond donors (Lipinski definition) is 0. The van der Waals surface area contributed by atoms with Gasteiger partial charge in [0.1, 0.15) is 0 Å². The zero-order chi connectivity index (χ0) is 17.9. The maximum absolute atomic E-state index is 11.9. The summed E-state index contributed by atoms with van der Waals surface area (Å²) < 4.78 is 1.57. The molecule has 3 aromatic rings. The summed E-state index contributed by atoms with van der Waals surface area (Å²) in [7, 11) is 0. The van der Waals surface area contributed by atoms with Crippen LogP contribution >= 0.6 is 0 Å². The summed E-state index contributed by atoms with van der Waals surface area (Å²) in [6.45, 7) is 7.32. The zero-order valence-corrected chi connectivity index (χ0v) is 15.0. The van der Waals surface area contributed by atoms with Crippen molar-refractivity contribution in [3.05, 3.63) is 64.7 Å². The van der Waals surface area contributed by atoms with Gasteiger partial charge in [-0.1, -0.05) is 18.2 Å². The van der Waals surface area contributed by atoms with Gasteiger partial charge in [0.25, 0.3) is 5.56 Å². The smallest absolute Gasteiger partial charge is 0.266 e. The number of rotatable bonds is 4. The van der Waals surface area contributed by atoms with Gasteiger partial charge in [-0.3, -0.25) is 14.7 Å². The second-order valence-electron chi connectivity index (χ2n) is 6.71. The molecule has 1 saturated heterocycles. The van der Waals surface area contributed by atoms with Crippen LogP contribution in [0.2, 0.25) is 0 Å². The van der Waals surface area contributed by atoms with Crippen LogP contribution in [0.25, 0.3) is 10.9 Å². The van der Waals surface area contributed by atoms with Crippen LogP contribution < -0.4 is 10.5 Å². The van der Waals surface area contributed by atoms with E-state index in [-0.39, 0.29) is 5.56 Å². The Morgan fingerprint density at radius 3 is 2.62 bits per heavy atom. The van der Waals surface area contributed by atoms with Gasteiger partial charge in [-0.2, -0.15) is 5.10 Å².